The fourth-order valence-electron chi connectivity index (χ4n) is 1.43. The Morgan fingerprint density at radius 3 is 2.80 bits per heavy atom. The Kier molecular flexibility index (Phi) is 3.02. The molecule has 0 aliphatic carbocycles. The second-order valence-electron chi connectivity index (χ2n) is 3.57. The van der Waals surface area contributed by atoms with E-state index in [2.05, 4.69) is 35.6 Å². The zero-order valence-corrected chi connectivity index (χ0v) is 9.77. The number of aromatic nitrogens is 1. The summed E-state index contributed by atoms with van der Waals surface area (Å²) in [6, 6.07) is 4.17. The van der Waals surface area contributed by atoms with Crippen LogP contribution in [0, 0.1) is 13.8 Å². The molecule has 0 saturated heterocycles. The van der Waals surface area contributed by atoms with Crippen molar-refractivity contribution < 1.29 is 0 Å². The van der Waals surface area contributed by atoms with Crippen LogP contribution in [-0.2, 0) is 6.54 Å². The zero-order chi connectivity index (χ0) is 10.7. The maximum absolute atomic E-state index is 4.07. The molecule has 1 N–H and O–H groups in total. The lowest BCUT2D eigenvalue weighted by molar-refractivity contribution is 1.14. The van der Waals surface area contributed by atoms with E-state index in [1.165, 1.54) is 16.0 Å². The lowest BCUT2D eigenvalue weighted by Crippen LogP contribution is -2.00. The van der Waals surface area contributed by atoms with Crippen molar-refractivity contribution in [2.24, 2.45) is 0 Å². The van der Waals surface area contributed by atoms with E-state index in [0.29, 0.717) is 0 Å². The first kappa shape index (κ1) is 10.2. The molecular formula is C12H14N2S. The average Bonchev–Trinajstić information content (AvgIpc) is 2.63. The van der Waals surface area contributed by atoms with Crippen LogP contribution >= 0.6 is 11.3 Å². The lowest BCUT2D eigenvalue weighted by Gasteiger charge is -2.08. The molecule has 3 heteroatoms. The summed E-state index contributed by atoms with van der Waals surface area (Å²) in [6.07, 6.45) is 3.69. The van der Waals surface area contributed by atoms with Crippen molar-refractivity contribution in [1.82, 2.24) is 4.98 Å². The van der Waals surface area contributed by atoms with Crippen LogP contribution < -0.4 is 5.32 Å². The Morgan fingerprint density at radius 2 is 2.13 bits per heavy atom. The summed E-state index contributed by atoms with van der Waals surface area (Å²) in [4.78, 5) is 5.46. The molecule has 0 bridgehead atoms. The fourth-order valence-corrected chi connectivity index (χ4v) is 2.28. The van der Waals surface area contributed by atoms with E-state index < -0.39 is 0 Å². The van der Waals surface area contributed by atoms with Gasteiger partial charge < -0.3 is 5.32 Å². The van der Waals surface area contributed by atoms with Crippen molar-refractivity contribution >= 4 is 17.0 Å². The summed E-state index contributed by atoms with van der Waals surface area (Å²) >= 11 is 1.80. The van der Waals surface area contributed by atoms with Gasteiger partial charge in [0.1, 0.15) is 0 Å². The van der Waals surface area contributed by atoms with Gasteiger partial charge in [0.2, 0.25) is 0 Å². The predicted molar refractivity (Wildman–Crippen MR) is 65.4 cm³/mol. The Morgan fingerprint density at radius 1 is 1.27 bits per heavy atom. The van der Waals surface area contributed by atoms with Crippen molar-refractivity contribution in [3.63, 3.8) is 0 Å². The molecule has 0 radical (unpaired) electrons. The molecule has 2 aromatic heterocycles. The van der Waals surface area contributed by atoms with Crippen molar-refractivity contribution in [1.29, 1.82) is 0 Å². The second-order valence-corrected chi connectivity index (χ2v) is 4.57. The molecule has 2 aromatic rings. The van der Waals surface area contributed by atoms with E-state index in [0.717, 1.165) is 12.2 Å². The third-order valence-electron chi connectivity index (χ3n) is 2.43. The Hall–Kier alpha value is -1.35. The Bertz CT molecular complexity index is 448. The zero-order valence-electron chi connectivity index (χ0n) is 8.95. The molecule has 0 atom stereocenters. The molecule has 0 unspecified atom stereocenters. The molecule has 0 aromatic carbocycles. The van der Waals surface area contributed by atoms with E-state index in [9.17, 15) is 0 Å². The van der Waals surface area contributed by atoms with E-state index in [-0.39, 0.29) is 0 Å². The number of thiophene rings is 1. The highest BCUT2D eigenvalue weighted by Gasteiger charge is 2.00. The van der Waals surface area contributed by atoms with Crippen LogP contribution in [0.1, 0.15) is 16.0 Å². The number of rotatable bonds is 3. The minimum Gasteiger partial charge on any atom is -0.380 e. The SMILES string of the molecule is Cc1cnccc1NCc1sccc1C. The largest absolute Gasteiger partial charge is 0.380 e. The number of hydrogen-bond acceptors (Lipinski definition) is 3. The van der Waals surface area contributed by atoms with Crippen LogP contribution in [0.15, 0.2) is 29.9 Å². The van der Waals surface area contributed by atoms with Gasteiger partial charge in [0.05, 0.1) is 0 Å². The van der Waals surface area contributed by atoms with E-state index in [4.69, 9.17) is 0 Å². The van der Waals surface area contributed by atoms with Gasteiger partial charge >= 0.3 is 0 Å². The van der Waals surface area contributed by atoms with Gasteiger partial charge in [0.25, 0.3) is 0 Å². The summed E-state index contributed by atoms with van der Waals surface area (Å²) < 4.78 is 0. The highest BCUT2D eigenvalue weighted by atomic mass is 32.1. The van der Waals surface area contributed by atoms with E-state index in [1.54, 1.807) is 11.3 Å². The molecule has 0 fully saturated rings. The van der Waals surface area contributed by atoms with Gasteiger partial charge in [-0.15, -0.1) is 11.3 Å². The molecule has 0 spiro atoms. The number of anilines is 1. The van der Waals surface area contributed by atoms with Gasteiger partial charge in [0.15, 0.2) is 0 Å². The van der Waals surface area contributed by atoms with Gasteiger partial charge in [-0.3, -0.25) is 4.98 Å². The molecule has 0 saturated carbocycles. The quantitative estimate of drug-likeness (QED) is 0.854. The molecule has 2 heterocycles. The molecule has 0 aliphatic rings. The highest BCUT2D eigenvalue weighted by Crippen LogP contribution is 2.18. The molecule has 0 amide bonds. The highest BCUT2D eigenvalue weighted by molar-refractivity contribution is 7.10. The number of hydrogen-bond donors (Lipinski definition) is 1. The van der Waals surface area contributed by atoms with Gasteiger partial charge in [-0.25, -0.2) is 0 Å². The van der Waals surface area contributed by atoms with Crippen LogP contribution in [0.2, 0.25) is 0 Å². The topological polar surface area (TPSA) is 24.9 Å². The van der Waals surface area contributed by atoms with Crippen LogP contribution in [-0.4, -0.2) is 4.98 Å². The van der Waals surface area contributed by atoms with Gasteiger partial charge in [-0.1, -0.05) is 0 Å². The van der Waals surface area contributed by atoms with Crippen molar-refractivity contribution in [2.75, 3.05) is 5.32 Å². The smallest absolute Gasteiger partial charge is 0.0496 e. The van der Waals surface area contributed by atoms with E-state index >= 15 is 0 Å². The fraction of sp³-hybridized carbons (Fsp3) is 0.250. The summed E-state index contributed by atoms with van der Waals surface area (Å²) in [7, 11) is 0. The Labute approximate surface area is 94.0 Å². The minimum atomic E-state index is 0.897. The number of nitrogens with one attached hydrogen (secondary N) is 1. The molecule has 15 heavy (non-hydrogen) atoms. The predicted octanol–water partition coefficient (Wildman–Crippen LogP) is 3.37. The maximum atomic E-state index is 4.07. The molecular weight excluding hydrogens is 204 g/mol. The lowest BCUT2D eigenvalue weighted by atomic mass is 10.2. The summed E-state index contributed by atoms with van der Waals surface area (Å²) in [5.41, 5.74) is 3.71. The second kappa shape index (κ2) is 4.45. The molecule has 78 valence electrons. The molecule has 2 rings (SSSR count). The normalized spacial score (nSPS) is 10.3. The molecule has 0 aliphatic heterocycles. The number of aryl methyl sites for hydroxylation is 2. The standard InChI is InChI=1S/C12H14N2S/c1-9-4-6-15-12(9)8-14-11-3-5-13-7-10(11)2/h3-7H,8H2,1-2H3,(H,13,14). The number of nitrogens with zero attached hydrogens (tertiary/aromatic N) is 1. The van der Waals surface area contributed by atoms with Crippen LogP contribution in [0.25, 0.3) is 0 Å². The Balaban J connectivity index is 2.06. The first-order valence-corrected chi connectivity index (χ1v) is 5.83. The van der Waals surface area contributed by atoms with Gasteiger partial charge in [-0.05, 0) is 42.5 Å². The van der Waals surface area contributed by atoms with Crippen LogP contribution in [0.3, 0.4) is 0 Å². The maximum Gasteiger partial charge on any atom is 0.0496 e. The monoisotopic (exact) mass is 218 g/mol. The van der Waals surface area contributed by atoms with E-state index in [1.807, 2.05) is 18.5 Å². The van der Waals surface area contributed by atoms with Crippen molar-refractivity contribution in [3.05, 3.63) is 45.9 Å². The third kappa shape index (κ3) is 2.36. The summed E-state index contributed by atoms with van der Waals surface area (Å²) in [5.74, 6) is 0. The summed E-state index contributed by atoms with van der Waals surface area (Å²) in [5, 5.41) is 5.56. The first-order chi connectivity index (χ1) is 7.27. The van der Waals surface area contributed by atoms with Crippen molar-refractivity contribution in [2.45, 2.75) is 20.4 Å². The van der Waals surface area contributed by atoms with Crippen LogP contribution in [0.4, 0.5) is 5.69 Å². The third-order valence-corrected chi connectivity index (χ3v) is 3.45. The number of pyridine rings is 1. The average molecular weight is 218 g/mol. The van der Waals surface area contributed by atoms with Crippen molar-refractivity contribution in [3.8, 4) is 0 Å². The van der Waals surface area contributed by atoms with Crippen LogP contribution in [0.5, 0.6) is 0 Å². The summed E-state index contributed by atoms with van der Waals surface area (Å²) in [6.45, 7) is 5.11. The minimum absolute atomic E-state index is 0.897. The first-order valence-electron chi connectivity index (χ1n) is 4.95. The van der Waals surface area contributed by atoms with Gasteiger partial charge in [-0.2, -0.15) is 0 Å². The molecule has 2 nitrogen and oxygen atoms in total. The van der Waals surface area contributed by atoms with Gasteiger partial charge in [0, 0.05) is 29.5 Å².